The van der Waals surface area contributed by atoms with Gasteiger partial charge in [-0.25, -0.2) is 9.78 Å². The third-order valence-electron chi connectivity index (χ3n) is 3.88. The van der Waals surface area contributed by atoms with Gasteiger partial charge in [-0.2, -0.15) is 0 Å². The Balaban J connectivity index is 2.03. The maximum atomic E-state index is 11.9. The maximum Gasteiger partial charge on any atom is 0.356 e. The van der Waals surface area contributed by atoms with Gasteiger partial charge in [0.25, 0.3) is 0 Å². The van der Waals surface area contributed by atoms with Crippen LogP contribution in [0.2, 0.25) is 0 Å². The molecule has 0 unspecified atom stereocenters. The van der Waals surface area contributed by atoms with Gasteiger partial charge in [-0.1, -0.05) is 42.5 Å². The number of ether oxygens (including phenoxy) is 1. The van der Waals surface area contributed by atoms with E-state index in [-0.39, 0.29) is 0 Å². The molecule has 2 aromatic carbocycles. The van der Waals surface area contributed by atoms with Gasteiger partial charge in [0.15, 0.2) is 0 Å². The van der Waals surface area contributed by atoms with Crippen molar-refractivity contribution in [3.8, 4) is 0 Å². The number of rotatable bonds is 4. The molecule has 4 nitrogen and oxygen atoms in total. The van der Waals surface area contributed by atoms with E-state index >= 15 is 0 Å². The van der Waals surface area contributed by atoms with Gasteiger partial charge in [-0.05, 0) is 36.1 Å². The zero-order chi connectivity index (χ0) is 16.2. The number of nitrogen functional groups attached to an aromatic ring is 1. The van der Waals surface area contributed by atoms with Crippen LogP contribution >= 0.6 is 0 Å². The molecule has 23 heavy (non-hydrogen) atoms. The van der Waals surface area contributed by atoms with Gasteiger partial charge < -0.3 is 10.5 Å². The van der Waals surface area contributed by atoms with E-state index in [1.54, 1.807) is 12.1 Å². The highest BCUT2D eigenvalue weighted by Gasteiger charge is 2.13. The number of hydrogen-bond acceptors (Lipinski definition) is 4. The number of esters is 1. The number of benzene rings is 2. The molecule has 4 heteroatoms. The number of aryl methyl sites for hydroxylation is 2. The first-order valence-electron chi connectivity index (χ1n) is 7.49. The molecule has 0 saturated carbocycles. The SMILES string of the molecule is COC(=O)c1cc(CCc2ccccc2)c2cccc(N)c2n1. The molecule has 0 saturated heterocycles. The Bertz CT molecular complexity index is 845. The summed E-state index contributed by atoms with van der Waals surface area (Å²) in [6, 6.07) is 17.7. The molecule has 116 valence electrons. The van der Waals surface area contributed by atoms with Crippen LogP contribution in [0.3, 0.4) is 0 Å². The van der Waals surface area contributed by atoms with Gasteiger partial charge in [0.1, 0.15) is 5.69 Å². The number of hydrogen-bond donors (Lipinski definition) is 1. The molecule has 2 N–H and O–H groups in total. The van der Waals surface area contributed by atoms with Crippen LogP contribution in [0.4, 0.5) is 5.69 Å². The Morgan fingerprint density at radius 3 is 2.61 bits per heavy atom. The Morgan fingerprint density at radius 1 is 1.09 bits per heavy atom. The number of carbonyl (C=O) groups excluding carboxylic acids is 1. The van der Waals surface area contributed by atoms with E-state index in [1.165, 1.54) is 12.7 Å². The first-order valence-corrected chi connectivity index (χ1v) is 7.49. The van der Waals surface area contributed by atoms with Crippen molar-refractivity contribution in [2.24, 2.45) is 0 Å². The predicted molar refractivity (Wildman–Crippen MR) is 91.3 cm³/mol. The van der Waals surface area contributed by atoms with Gasteiger partial charge >= 0.3 is 5.97 Å². The molecule has 0 atom stereocenters. The summed E-state index contributed by atoms with van der Waals surface area (Å²) in [4.78, 5) is 16.2. The number of methoxy groups -OCH3 is 1. The summed E-state index contributed by atoms with van der Waals surface area (Å²) in [6.07, 6.45) is 1.69. The summed E-state index contributed by atoms with van der Waals surface area (Å²) in [5, 5.41) is 0.980. The fraction of sp³-hybridized carbons (Fsp3) is 0.158. The van der Waals surface area contributed by atoms with Crippen LogP contribution in [0.15, 0.2) is 54.6 Å². The lowest BCUT2D eigenvalue weighted by atomic mass is 9.99. The summed E-state index contributed by atoms with van der Waals surface area (Å²) in [5.74, 6) is -0.448. The Kier molecular flexibility index (Phi) is 4.24. The van der Waals surface area contributed by atoms with E-state index in [9.17, 15) is 4.79 Å². The zero-order valence-corrected chi connectivity index (χ0v) is 13.0. The number of nitrogens with two attached hydrogens (primary N) is 1. The summed E-state index contributed by atoms with van der Waals surface area (Å²) < 4.78 is 4.80. The average Bonchev–Trinajstić information content (AvgIpc) is 2.60. The third kappa shape index (κ3) is 3.16. The number of carbonyl (C=O) groups is 1. The van der Waals surface area contributed by atoms with Crippen molar-refractivity contribution in [2.45, 2.75) is 12.8 Å². The molecule has 0 radical (unpaired) electrons. The normalized spacial score (nSPS) is 10.7. The highest BCUT2D eigenvalue weighted by molar-refractivity contribution is 5.96. The minimum Gasteiger partial charge on any atom is -0.464 e. The molecule has 0 aliphatic carbocycles. The number of aromatic nitrogens is 1. The summed E-state index contributed by atoms with van der Waals surface area (Å²) in [6.45, 7) is 0. The Morgan fingerprint density at radius 2 is 1.87 bits per heavy atom. The van der Waals surface area contributed by atoms with Crippen molar-refractivity contribution in [1.82, 2.24) is 4.98 Å². The first-order chi connectivity index (χ1) is 11.2. The van der Waals surface area contributed by atoms with Gasteiger partial charge in [0, 0.05) is 5.39 Å². The van der Waals surface area contributed by atoms with Crippen molar-refractivity contribution >= 4 is 22.6 Å². The lowest BCUT2D eigenvalue weighted by Gasteiger charge is -2.10. The van der Waals surface area contributed by atoms with E-state index in [1.807, 2.05) is 30.3 Å². The van der Waals surface area contributed by atoms with E-state index in [0.29, 0.717) is 16.9 Å². The van der Waals surface area contributed by atoms with Gasteiger partial charge in [0.2, 0.25) is 0 Å². The van der Waals surface area contributed by atoms with E-state index in [2.05, 4.69) is 17.1 Å². The summed E-state index contributed by atoms with van der Waals surface area (Å²) in [7, 11) is 1.35. The fourth-order valence-corrected chi connectivity index (χ4v) is 2.68. The smallest absolute Gasteiger partial charge is 0.356 e. The van der Waals surface area contributed by atoms with Crippen LogP contribution in [0.5, 0.6) is 0 Å². The molecule has 0 aliphatic heterocycles. The minimum atomic E-state index is -0.448. The van der Waals surface area contributed by atoms with Gasteiger partial charge in [0.05, 0.1) is 18.3 Å². The van der Waals surface area contributed by atoms with Gasteiger partial charge in [-0.15, -0.1) is 0 Å². The third-order valence-corrected chi connectivity index (χ3v) is 3.88. The molecule has 3 aromatic rings. The number of nitrogens with zero attached hydrogens (tertiary/aromatic N) is 1. The van der Waals surface area contributed by atoms with Crippen LogP contribution in [0, 0.1) is 0 Å². The van der Waals surface area contributed by atoms with E-state index < -0.39 is 5.97 Å². The van der Waals surface area contributed by atoms with Crippen LogP contribution in [-0.2, 0) is 17.6 Å². The molecule has 0 spiro atoms. The molecule has 0 aliphatic rings. The molecule has 0 amide bonds. The second-order valence-electron chi connectivity index (χ2n) is 5.39. The Labute approximate surface area is 134 Å². The van der Waals surface area contributed by atoms with Crippen LogP contribution < -0.4 is 5.73 Å². The standard InChI is InChI=1S/C19H18N2O2/c1-23-19(22)17-12-14(11-10-13-6-3-2-4-7-13)15-8-5-9-16(20)18(15)21-17/h2-9,12H,10-11,20H2,1H3. The second-order valence-corrected chi connectivity index (χ2v) is 5.39. The van der Waals surface area contributed by atoms with Gasteiger partial charge in [-0.3, -0.25) is 0 Å². The zero-order valence-electron chi connectivity index (χ0n) is 13.0. The van der Waals surface area contributed by atoms with E-state index in [0.717, 1.165) is 23.8 Å². The average molecular weight is 306 g/mol. The molecule has 0 fully saturated rings. The van der Waals surface area contributed by atoms with Crippen LogP contribution in [-0.4, -0.2) is 18.1 Å². The highest BCUT2D eigenvalue weighted by Crippen LogP contribution is 2.25. The topological polar surface area (TPSA) is 65.2 Å². The predicted octanol–water partition coefficient (Wildman–Crippen LogP) is 3.39. The van der Waals surface area contributed by atoms with Crippen molar-refractivity contribution in [3.05, 3.63) is 71.4 Å². The van der Waals surface area contributed by atoms with Crippen molar-refractivity contribution in [1.29, 1.82) is 0 Å². The number of pyridine rings is 1. The van der Waals surface area contributed by atoms with Crippen molar-refractivity contribution in [3.63, 3.8) is 0 Å². The second kappa shape index (κ2) is 6.48. The largest absolute Gasteiger partial charge is 0.464 e. The minimum absolute atomic E-state index is 0.293. The Hall–Kier alpha value is -2.88. The molecular weight excluding hydrogens is 288 g/mol. The molecule has 1 heterocycles. The highest BCUT2D eigenvalue weighted by atomic mass is 16.5. The maximum absolute atomic E-state index is 11.9. The number of fused-ring (bicyclic) bond motifs is 1. The molecule has 0 bridgehead atoms. The first kappa shape index (κ1) is 15.0. The molecular formula is C19H18N2O2. The van der Waals surface area contributed by atoms with Crippen LogP contribution in [0.1, 0.15) is 21.6 Å². The number of anilines is 1. The quantitative estimate of drug-likeness (QED) is 0.593. The molecule has 3 rings (SSSR count). The van der Waals surface area contributed by atoms with Crippen molar-refractivity contribution < 1.29 is 9.53 Å². The number of para-hydroxylation sites is 1. The van der Waals surface area contributed by atoms with E-state index in [4.69, 9.17) is 10.5 Å². The fourth-order valence-electron chi connectivity index (χ4n) is 2.68. The lowest BCUT2D eigenvalue weighted by Crippen LogP contribution is -2.07. The van der Waals surface area contributed by atoms with Crippen molar-refractivity contribution in [2.75, 3.05) is 12.8 Å². The summed E-state index contributed by atoms with van der Waals surface area (Å²) in [5.41, 5.74) is 9.83. The van der Waals surface area contributed by atoms with Crippen LogP contribution in [0.25, 0.3) is 10.9 Å². The molecule has 1 aromatic heterocycles. The monoisotopic (exact) mass is 306 g/mol. The lowest BCUT2D eigenvalue weighted by molar-refractivity contribution is 0.0594. The summed E-state index contributed by atoms with van der Waals surface area (Å²) >= 11 is 0.